The topological polar surface area (TPSA) is 59.5 Å². The smallest absolute Gasteiger partial charge is 0.225 e. The summed E-state index contributed by atoms with van der Waals surface area (Å²) < 4.78 is 10.8. The number of methoxy groups -OCH3 is 2. The van der Waals surface area contributed by atoms with E-state index in [9.17, 15) is 0 Å². The van der Waals surface area contributed by atoms with Gasteiger partial charge in [-0.1, -0.05) is 0 Å². The van der Waals surface area contributed by atoms with Gasteiger partial charge in [0, 0.05) is 49.2 Å². The third-order valence-electron chi connectivity index (χ3n) is 4.60. The summed E-state index contributed by atoms with van der Waals surface area (Å²) in [6.07, 6.45) is 6.27. The standard InChI is InChI=1S/C19H26N4O2/c1-14(17-10-16(24-2)6-7-18(17)25-3)20-11-15-12-21-19(22-13-15)23-8-4-5-9-23/h6-7,10,12-14,20H,4-5,8-9,11H2,1-3H3/t14-/m1/s1. The minimum atomic E-state index is 0.114. The lowest BCUT2D eigenvalue weighted by molar-refractivity contribution is 0.391. The van der Waals surface area contributed by atoms with Gasteiger partial charge in [-0.2, -0.15) is 0 Å². The van der Waals surface area contributed by atoms with E-state index in [0.717, 1.165) is 41.7 Å². The number of nitrogens with zero attached hydrogens (tertiary/aromatic N) is 3. The first-order valence-corrected chi connectivity index (χ1v) is 8.72. The number of nitrogens with one attached hydrogen (secondary N) is 1. The van der Waals surface area contributed by atoms with E-state index in [2.05, 4.69) is 27.1 Å². The van der Waals surface area contributed by atoms with Crippen LogP contribution in [-0.4, -0.2) is 37.3 Å². The summed E-state index contributed by atoms with van der Waals surface area (Å²) in [5, 5.41) is 3.50. The third-order valence-corrected chi connectivity index (χ3v) is 4.60. The maximum atomic E-state index is 5.46. The molecule has 1 aliphatic heterocycles. The highest BCUT2D eigenvalue weighted by Crippen LogP contribution is 2.29. The molecule has 0 radical (unpaired) electrons. The predicted octanol–water partition coefficient (Wildman–Crippen LogP) is 2.94. The van der Waals surface area contributed by atoms with E-state index in [0.29, 0.717) is 6.54 Å². The van der Waals surface area contributed by atoms with Crippen LogP contribution in [0.3, 0.4) is 0 Å². The average molecular weight is 342 g/mol. The van der Waals surface area contributed by atoms with Crippen molar-refractivity contribution in [3.8, 4) is 11.5 Å². The Morgan fingerprint density at radius 2 is 1.84 bits per heavy atom. The molecule has 1 aromatic carbocycles. The molecule has 1 atom stereocenters. The number of anilines is 1. The lowest BCUT2D eigenvalue weighted by Crippen LogP contribution is -2.21. The highest BCUT2D eigenvalue weighted by molar-refractivity contribution is 5.42. The maximum Gasteiger partial charge on any atom is 0.225 e. The van der Waals surface area contributed by atoms with Crippen LogP contribution in [0.5, 0.6) is 11.5 Å². The Kier molecular flexibility index (Phi) is 5.71. The second kappa shape index (κ2) is 8.16. The highest BCUT2D eigenvalue weighted by atomic mass is 16.5. The second-order valence-electron chi connectivity index (χ2n) is 6.30. The van der Waals surface area contributed by atoms with Gasteiger partial charge in [-0.15, -0.1) is 0 Å². The Labute approximate surface area is 149 Å². The van der Waals surface area contributed by atoms with E-state index >= 15 is 0 Å². The Morgan fingerprint density at radius 3 is 2.48 bits per heavy atom. The van der Waals surface area contributed by atoms with E-state index in [-0.39, 0.29) is 6.04 Å². The molecule has 0 amide bonds. The summed E-state index contributed by atoms with van der Waals surface area (Å²) in [5.41, 5.74) is 2.13. The van der Waals surface area contributed by atoms with Crippen molar-refractivity contribution in [3.05, 3.63) is 41.7 Å². The largest absolute Gasteiger partial charge is 0.497 e. The lowest BCUT2D eigenvalue weighted by Gasteiger charge is -2.19. The Balaban J connectivity index is 1.63. The first-order chi connectivity index (χ1) is 12.2. The molecular formula is C19H26N4O2. The first-order valence-electron chi connectivity index (χ1n) is 8.72. The molecule has 25 heavy (non-hydrogen) atoms. The van der Waals surface area contributed by atoms with Gasteiger partial charge < -0.3 is 19.7 Å². The molecule has 0 spiro atoms. The average Bonchev–Trinajstić information content (AvgIpc) is 3.20. The minimum Gasteiger partial charge on any atom is -0.497 e. The zero-order valence-corrected chi connectivity index (χ0v) is 15.2. The fourth-order valence-corrected chi connectivity index (χ4v) is 3.08. The number of benzene rings is 1. The Hall–Kier alpha value is -2.34. The van der Waals surface area contributed by atoms with Crippen LogP contribution in [0.25, 0.3) is 0 Å². The van der Waals surface area contributed by atoms with E-state index < -0.39 is 0 Å². The van der Waals surface area contributed by atoms with Crippen LogP contribution in [0, 0.1) is 0 Å². The fourth-order valence-electron chi connectivity index (χ4n) is 3.08. The quantitative estimate of drug-likeness (QED) is 0.835. The molecule has 3 rings (SSSR count). The number of aromatic nitrogens is 2. The molecule has 1 saturated heterocycles. The van der Waals surface area contributed by atoms with Crippen molar-refractivity contribution in [2.45, 2.75) is 32.4 Å². The van der Waals surface area contributed by atoms with Gasteiger partial charge in [-0.05, 0) is 38.0 Å². The van der Waals surface area contributed by atoms with E-state index in [1.54, 1.807) is 14.2 Å². The van der Waals surface area contributed by atoms with Gasteiger partial charge in [0.05, 0.1) is 14.2 Å². The lowest BCUT2D eigenvalue weighted by atomic mass is 10.1. The number of hydrogen-bond donors (Lipinski definition) is 1. The third kappa shape index (κ3) is 4.20. The van der Waals surface area contributed by atoms with Crippen LogP contribution in [0.15, 0.2) is 30.6 Å². The number of ether oxygens (including phenoxy) is 2. The molecule has 2 aromatic rings. The van der Waals surface area contributed by atoms with Gasteiger partial charge in [-0.25, -0.2) is 9.97 Å². The van der Waals surface area contributed by atoms with Crippen molar-refractivity contribution in [2.75, 3.05) is 32.2 Å². The number of rotatable bonds is 7. The van der Waals surface area contributed by atoms with Crippen LogP contribution in [0.2, 0.25) is 0 Å². The van der Waals surface area contributed by atoms with Gasteiger partial charge in [0.2, 0.25) is 5.95 Å². The Bertz CT molecular complexity index is 684. The summed E-state index contributed by atoms with van der Waals surface area (Å²) in [7, 11) is 3.35. The summed E-state index contributed by atoms with van der Waals surface area (Å²) >= 11 is 0. The molecule has 6 nitrogen and oxygen atoms in total. The molecule has 0 bridgehead atoms. The van der Waals surface area contributed by atoms with Crippen LogP contribution >= 0.6 is 0 Å². The SMILES string of the molecule is COc1ccc(OC)c([C@@H](C)NCc2cnc(N3CCCC3)nc2)c1. The maximum absolute atomic E-state index is 5.46. The molecule has 1 fully saturated rings. The molecule has 0 aliphatic carbocycles. The van der Waals surface area contributed by atoms with Crippen LogP contribution < -0.4 is 19.7 Å². The second-order valence-corrected chi connectivity index (χ2v) is 6.30. The van der Waals surface area contributed by atoms with Gasteiger partial charge >= 0.3 is 0 Å². The van der Waals surface area contributed by atoms with E-state index in [1.165, 1.54) is 12.8 Å². The predicted molar refractivity (Wildman–Crippen MR) is 98.3 cm³/mol. The zero-order chi connectivity index (χ0) is 17.6. The van der Waals surface area contributed by atoms with Crippen molar-refractivity contribution in [1.82, 2.24) is 15.3 Å². The Morgan fingerprint density at radius 1 is 1.12 bits per heavy atom. The normalized spacial score (nSPS) is 15.2. The van der Waals surface area contributed by atoms with E-state index in [4.69, 9.17) is 9.47 Å². The van der Waals surface area contributed by atoms with Crippen molar-refractivity contribution in [2.24, 2.45) is 0 Å². The van der Waals surface area contributed by atoms with Gasteiger partial charge in [0.25, 0.3) is 0 Å². The van der Waals surface area contributed by atoms with Crippen LogP contribution in [-0.2, 0) is 6.54 Å². The summed E-state index contributed by atoms with van der Waals surface area (Å²) in [4.78, 5) is 11.2. The van der Waals surface area contributed by atoms with Gasteiger partial charge in [-0.3, -0.25) is 0 Å². The van der Waals surface area contributed by atoms with E-state index in [1.807, 2.05) is 30.6 Å². The van der Waals surface area contributed by atoms with Crippen molar-refractivity contribution in [3.63, 3.8) is 0 Å². The fraction of sp³-hybridized carbons (Fsp3) is 0.474. The van der Waals surface area contributed by atoms with Crippen molar-refractivity contribution in [1.29, 1.82) is 0 Å². The number of hydrogen-bond acceptors (Lipinski definition) is 6. The molecule has 0 saturated carbocycles. The molecule has 1 aliphatic rings. The van der Waals surface area contributed by atoms with Crippen molar-refractivity contribution >= 4 is 5.95 Å². The molecular weight excluding hydrogens is 316 g/mol. The monoisotopic (exact) mass is 342 g/mol. The van der Waals surface area contributed by atoms with Crippen molar-refractivity contribution < 1.29 is 9.47 Å². The molecule has 134 valence electrons. The molecule has 0 unspecified atom stereocenters. The highest BCUT2D eigenvalue weighted by Gasteiger charge is 2.15. The first kappa shape index (κ1) is 17.5. The molecule has 1 aromatic heterocycles. The molecule has 2 heterocycles. The van der Waals surface area contributed by atoms with Gasteiger partial charge in [0.1, 0.15) is 11.5 Å². The summed E-state index contributed by atoms with van der Waals surface area (Å²) in [6.45, 7) is 4.92. The molecule has 1 N–H and O–H groups in total. The molecule has 6 heteroatoms. The van der Waals surface area contributed by atoms with Gasteiger partial charge in [0.15, 0.2) is 0 Å². The minimum absolute atomic E-state index is 0.114. The summed E-state index contributed by atoms with van der Waals surface area (Å²) in [5.74, 6) is 2.51. The van der Waals surface area contributed by atoms with Crippen LogP contribution in [0.4, 0.5) is 5.95 Å². The zero-order valence-electron chi connectivity index (χ0n) is 15.2. The summed E-state index contributed by atoms with van der Waals surface area (Å²) in [6, 6.07) is 5.95. The van der Waals surface area contributed by atoms with Crippen LogP contribution in [0.1, 0.15) is 36.9 Å².